The van der Waals surface area contributed by atoms with Crippen molar-refractivity contribution in [2.45, 2.75) is 26.1 Å². The van der Waals surface area contributed by atoms with Gasteiger partial charge in [0.25, 0.3) is 0 Å². The van der Waals surface area contributed by atoms with Gasteiger partial charge in [0.05, 0.1) is 12.1 Å². The summed E-state index contributed by atoms with van der Waals surface area (Å²) < 4.78 is 39.2. The van der Waals surface area contributed by atoms with Crippen LogP contribution in [0.3, 0.4) is 0 Å². The maximum Gasteiger partial charge on any atom is 0.471 e. The molecular weight excluding hydrogens is 297 g/mol. The number of fused-ring (bicyclic) bond motifs is 3. The number of alkyl halides is 3. The van der Waals surface area contributed by atoms with E-state index in [0.29, 0.717) is 17.6 Å². The number of amides is 1. The summed E-state index contributed by atoms with van der Waals surface area (Å²) >= 11 is 0. The molecule has 1 aliphatic rings. The summed E-state index contributed by atoms with van der Waals surface area (Å²) in [6.45, 7) is 1.15. The van der Waals surface area contributed by atoms with Gasteiger partial charge in [0, 0.05) is 24.5 Å². The average molecular weight is 310 g/mol. The number of carbonyl (C=O) groups is 2. The molecule has 1 amide bonds. The lowest BCUT2D eigenvalue weighted by molar-refractivity contribution is -0.186. The molecule has 0 fully saturated rings. The molecule has 3 rings (SSSR count). The van der Waals surface area contributed by atoms with Crippen LogP contribution in [0.1, 0.15) is 23.0 Å². The van der Waals surface area contributed by atoms with Gasteiger partial charge in [-0.3, -0.25) is 14.2 Å². The van der Waals surface area contributed by atoms with Gasteiger partial charge in [-0.25, -0.2) is 0 Å². The second-order valence-electron chi connectivity index (χ2n) is 5.27. The molecule has 0 unspecified atom stereocenters. The van der Waals surface area contributed by atoms with Crippen LogP contribution in [0.5, 0.6) is 0 Å². The third-order valence-electron chi connectivity index (χ3n) is 3.91. The first-order valence-electron chi connectivity index (χ1n) is 6.79. The number of rotatable bonds is 0. The van der Waals surface area contributed by atoms with Crippen LogP contribution in [0.25, 0.3) is 10.9 Å². The number of hydrogen-bond acceptors (Lipinski definition) is 2. The SMILES string of the molecule is CC(=O)n1c2c(c3ccccc31)CCN(C(=O)C(F)(F)F)C2. The van der Waals surface area contributed by atoms with E-state index in [9.17, 15) is 22.8 Å². The zero-order valence-electron chi connectivity index (χ0n) is 11.8. The number of nitrogens with zero attached hydrogens (tertiary/aromatic N) is 2. The molecule has 0 bridgehead atoms. The van der Waals surface area contributed by atoms with E-state index in [1.54, 1.807) is 12.1 Å². The Morgan fingerprint density at radius 1 is 1.18 bits per heavy atom. The molecule has 0 saturated heterocycles. The largest absolute Gasteiger partial charge is 0.471 e. The van der Waals surface area contributed by atoms with Crippen LogP contribution in [0, 0.1) is 0 Å². The summed E-state index contributed by atoms with van der Waals surface area (Å²) in [6, 6.07) is 7.19. The Morgan fingerprint density at radius 2 is 1.86 bits per heavy atom. The van der Waals surface area contributed by atoms with E-state index < -0.39 is 12.1 Å². The predicted molar refractivity (Wildman–Crippen MR) is 73.4 cm³/mol. The van der Waals surface area contributed by atoms with E-state index in [4.69, 9.17) is 0 Å². The van der Waals surface area contributed by atoms with Crippen LogP contribution < -0.4 is 0 Å². The fourth-order valence-corrected chi connectivity index (χ4v) is 3.02. The number of para-hydroxylation sites is 1. The highest BCUT2D eigenvalue weighted by Crippen LogP contribution is 2.32. The van der Waals surface area contributed by atoms with Gasteiger partial charge in [-0.05, 0) is 18.1 Å². The summed E-state index contributed by atoms with van der Waals surface area (Å²) in [5.74, 6) is -2.14. The first-order chi connectivity index (χ1) is 10.3. The zero-order valence-corrected chi connectivity index (χ0v) is 11.8. The van der Waals surface area contributed by atoms with E-state index in [-0.39, 0.29) is 19.0 Å². The van der Waals surface area contributed by atoms with Gasteiger partial charge in [0.1, 0.15) is 0 Å². The van der Waals surface area contributed by atoms with Crippen LogP contribution in [0.15, 0.2) is 24.3 Å². The van der Waals surface area contributed by atoms with Gasteiger partial charge in [-0.2, -0.15) is 13.2 Å². The fraction of sp³-hybridized carbons (Fsp3) is 0.333. The van der Waals surface area contributed by atoms with Gasteiger partial charge in [0.15, 0.2) is 0 Å². The Morgan fingerprint density at radius 3 is 2.50 bits per heavy atom. The van der Waals surface area contributed by atoms with Crippen LogP contribution in [0.4, 0.5) is 13.2 Å². The average Bonchev–Trinajstić information content (AvgIpc) is 2.79. The van der Waals surface area contributed by atoms with Crippen molar-refractivity contribution < 1.29 is 22.8 Å². The number of benzene rings is 1. The lowest BCUT2D eigenvalue weighted by Crippen LogP contribution is -2.44. The summed E-state index contributed by atoms with van der Waals surface area (Å²) in [5.41, 5.74) is 1.98. The van der Waals surface area contributed by atoms with Gasteiger partial charge in [-0.15, -0.1) is 0 Å². The smallest absolute Gasteiger partial charge is 0.329 e. The molecule has 1 aromatic heterocycles. The van der Waals surface area contributed by atoms with Crippen molar-refractivity contribution in [1.82, 2.24) is 9.47 Å². The number of carbonyl (C=O) groups excluding carboxylic acids is 2. The summed E-state index contributed by atoms with van der Waals surface area (Å²) in [4.78, 5) is 24.1. The quantitative estimate of drug-likeness (QED) is 0.751. The minimum absolute atomic E-state index is 0.00272. The van der Waals surface area contributed by atoms with Crippen LogP contribution in [0.2, 0.25) is 0 Å². The fourth-order valence-electron chi connectivity index (χ4n) is 3.02. The molecule has 1 aliphatic heterocycles. The third kappa shape index (κ3) is 2.17. The first kappa shape index (κ1) is 14.6. The van der Waals surface area contributed by atoms with E-state index in [0.717, 1.165) is 15.8 Å². The first-order valence-corrected chi connectivity index (χ1v) is 6.79. The zero-order chi connectivity index (χ0) is 16.1. The second-order valence-corrected chi connectivity index (χ2v) is 5.27. The van der Waals surface area contributed by atoms with Crippen molar-refractivity contribution in [1.29, 1.82) is 0 Å². The van der Waals surface area contributed by atoms with Crippen molar-refractivity contribution in [3.8, 4) is 0 Å². The molecule has 116 valence electrons. The van der Waals surface area contributed by atoms with E-state index in [2.05, 4.69) is 0 Å². The molecule has 0 aliphatic carbocycles. The van der Waals surface area contributed by atoms with Gasteiger partial charge in [-0.1, -0.05) is 18.2 Å². The molecule has 0 radical (unpaired) electrons. The number of hydrogen-bond donors (Lipinski definition) is 0. The monoisotopic (exact) mass is 310 g/mol. The highest BCUT2D eigenvalue weighted by Gasteiger charge is 2.43. The summed E-state index contributed by atoms with van der Waals surface area (Å²) in [7, 11) is 0. The molecule has 0 N–H and O–H groups in total. The van der Waals surface area contributed by atoms with Crippen molar-refractivity contribution in [2.75, 3.05) is 6.54 Å². The molecule has 0 atom stereocenters. The molecule has 0 saturated carbocycles. The van der Waals surface area contributed by atoms with Crippen LogP contribution in [-0.4, -0.2) is 34.0 Å². The summed E-state index contributed by atoms with van der Waals surface area (Å²) in [6.07, 6.45) is -4.59. The topological polar surface area (TPSA) is 42.3 Å². The van der Waals surface area contributed by atoms with Gasteiger partial charge >= 0.3 is 12.1 Å². The lowest BCUT2D eigenvalue weighted by Gasteiger charge is -2.28. The third-order valence-corrected chi connectivity index (χ3v) is 3.91. The van der Waals surface area contributed by atoms with Crippen molar-refractivity contribution in [2.24, 2.45) is 0 Å². The van der Waals surface area contributed by atoms with Crippen molar-refractivity contribution in [3.05, 3.63) is 35.5 Å². The molecule has 22 heavy (non-hydrogen) atoms. The minimum Gasteiger partial charge on any atom is -0.329 e. The van der Waals surface area contributed by atoms with Gasteiger partial charge in [0.2, 0.25) is 5.91 Å². The van der Waals surface area contributed by atoms with E-state index >= 15 is 0 Å². The Kier molecular flexibility index (Phi) is 3.23. The van der Waals surface area contributed by atoms with Crippen molar-refractivity contribution >= 4 is 22.7 Å². The Bertz CT molecular complexity index is 777. The van der Waals surface area contributed by atoms with Crippen LogP contribution in [-0.2, 0) is 17.8 Å². The highest BCUT2D eigenvalue weighted by molar-refractivity contribution is 5.95. The number of halogens is 3. The molecule has 1 aromatic carbocycles. The predicted octanol–water partition coefficient (Wildman–Crippen LogP) is 2.75. The number of aromatic nitrogens is 1. The maximum absolute atomic E-state index is 12.6. The lowest BCUT2D eigenvalue weighted by atomic mass is 10.0. The molecule has 4 nitrogen and oxygen atoms in total. The molecule has 0 spiro atoms. The Labute approximate surface area is 124 Å². The highest BCUT2D eigenvalue weighted by atomic mass is 19.4. The Balaban J connectivity index is 2.11. The normalized spacial score (nSPS) is 15.0. The minimum atomic E-state index is -4.90. The van der Waals surface area contributed by atoms with Crippen molar-refractivity contribution in [3.63, 3.8) is 0 Å². The second kappa shape index (κ2) is 4.86. The standard InChI is InChI=1S/C15H13F3N2O2/c1-9(21)20-12-5-3-2-4-10(12)11-6-7-19(8-13(11)20)14(22)15(16,17)18/h2-5H,6-8H2,1H3. The van der Waals surface area contributed by atoms with Crippen LogP contribution >= 0.6 is 0 Å². The molecule has 7 heteroatoms. The molecular formula is C15H13F3N2O2. The Hall–Kier alpha value is -2.31. The van der Waals surface area contributed by atoms with E-state index in [1.165, 1.54) is 11.5 Å². The maximum atomic E-state index is 12.6. The molecule has 2 heterocycles. The van der Waals surface area contributed by atoms with E-state index in [1.807, 2.05) is 12.1 Å². The summed E-state index contributed by atoms with van der Waals surface area (Å²) in [5, 5.41) is 0.854. The van der Waals surface area contributed by atoms with Gasteiger partial charge < -0.3 is 4.90 Å². The molecule has 2 aromatic rings.